The molecule has 1 heterocycles. The van der Waals surface area contributed by atoms with Gasteiger partial charge in [0.2, 0.25) is 5.88 Å². The number of methoxy groups -OCH3 is 1. The molecule has 0 aliphatic carbocycles. The summed E-state index contributed by atoms with van der Waals surface area (Å²) < 4.78 is 29.8. The maximum Gasteiger partial charge on any atom is 0.265 e. The normalized spacial score (nSPS) is 10.7. The van der Waals surface area contributed by atoms with Crippen molar-refractivity contribution in [2.75, 3.05) is 7.11 Å². The molecule has 0 spiro atoms. The number of alkyl halides is 3. The van der Waals surface area contributed by atoms with Crippen molar-refractivity contribution in [2.24, 2.45) is 0 Å². The summed E-state index contributed by atoms with van der Waals surface area (Å²) in [5, 5.41) is 0.327. The van der Waals surface area contributed by atoms with E-state index in [1.165, 1.54) is 13.2 Å². The van der Waals surface area contributed by atoms with Gasteiger partial charge in [0.15, 0.2) is 0 Å². The number of aromatic nitrogens is 1. The summed E-state index contributed by atoms with van der Waals surface area (Å²) >= 11 is 8.74. The van der Waals surface area contributed by atoms with E-state index in [1.54, 1.807) is 0 Å². The highest BCUT2D eigenvalue weighted by Gasteiger charge is 2.17. The molecule has 0 amide bonds. The van der Waals surface area contributed by atoms with Crippen LogP contribution in [-0.2, 0) is 5.33 Å². The Morgan fingerprint density at radius 1 is 1.64 bits per heavy atom. The molecule has 1 aromatic rings. The zero-order valence-corrected chi connectivity index (χ0v) is 9.57. The topological polar surface area (TPSA) is 22.1 Å². The molecule has 0 aliphatic rings. The number of ether oxygens (including phenoxy) is 1. The van der Waals surface area contributed by atoms with E-state index in [0.717, 1.165) is 0 Å². The summed E-state index contributed by atoms with van der Waals surface area (Å²) in [7, 11) is 1.38. The zero-order chi connectivity index (χ0) is 10.7. The fraction of sp³-hybridized carbons (Fsp3) is 0.375. The fourth-order valence-electron chi connectivity index (χ4n) is 0.961. The van der Waals surface area contributed by atoms with Crippen molar-refractivity contribution >= 4 is 27.5 Å². The highest BCUT2D eigenvalue weighted by molar-refractivity contribution is 9.08. The van der Waals surface area contributed by atoms with E-state index in [-0.39, 0.29) is 27.5 Å². The SMILES string of the molecule is COc1nc(CBr)c(C(F)F)cc1Cl. The van der Waals surface area contributed by atoms with Gasteiger partial charge >= 0.3 is 0 Å². The lowest BCUT2D eigenvalue weighted by molar-refractivity contribution is 0.150. The van der Waals surface area contributed by atoms with Crippen molar-refractivity contribution in [3.63, 3.8) is 0 Å². The molecule has 0 aliphatic heterocycles. The lowest BCUT2D eigenvalue weighted by Gasteiger charge is -2.09. The summed E-state index contributed by atoms with van der Waals surface area (Å²) in [5.74, 6) is 0.158. The van der Waals surface area contributed by atoms with Crippen LogP contribution in [0.1, 0.15) is 17.7 Å². The average Bonchev–Trinajstić information content (AvgIpc) is 2.17. The van der Waals surface area contributed by atoms with Crippen molar-refractivity contribution in [2.45, 2.75) is 11.8 Å². The second-order valence-electron chi connectivity index (χ2n) is 2.45. The minimum Gasteiger partial charge on any atom is -0.480 e. The summed E-state index contributed by atoms with van der Waals surface area (Å²) in [4.78, 5) is 3.85. The molecule has 0 bridgehead atoms. The molecule has 2 nitrogen and oxygen atoms in total. The molecule has 0 unspecified atom stereocenters. The van der Waals surface area contributed by atoms with Gasteiger partial charge in [-0.1, -0.05) is 27.5 Å². The number of pyridine rings is 1. The van der Waals surface area contributed by atoms with Crippen molar-refractivity contribution in [1.29, 1.82) is 0 Å². The van der Waals surface area contributed by atoms with E-state index in [1.807, 2.05) is 0 Å². The van der Waals surface area contributed by atoms with Gasteiger partial charge in [0.1, 0.15) is 5.02 Å². The standard InChI is InChI=1S/C8H7BrClF2NO/c1-14-8-5(10)2-4(7(11)12)6(3-9)13-8/h2,7H,3H2,1H3. The first kappa shape index (κ1) is 11.7. The largest absolute Gasteiger partial charge is 0.480 e. The lowest BCUT2D eigenvalue weighted by Crippen LogP contribution is -1.99. The van der Waals surface area contributed by atoms with E-state index in [0.29, 0.717) is 0 Å². The molecule has 0 saturated heterocycles. The Labute approximate surface area is 93.4 Å². The lowest BCUT2D eigenvalue weighted by atomic mass is 10.2. The zero-order valence-electron chi connectivity index (χ0n) is 7.23. The third-order valence-electron chi connectivity index (χ3n) is 1.61. The summed E-state index contributed by atoms with van der Waals surface area (Å²) in [6.07, 6.45) is -2.58. The Bertz CT molecular complexity index is 335. The van der Waals surface area contributed by atoms with Crippen LogP contribution in [0.4, 0.5) is 8.78 Å². The second kappa shape index (κ2) is 4.89. The van der Waals surface area contributed by atoms with Gasteiger partial charge in [0, 0.05) is 10.9 Å². The molecule has 14 heavy (non-hydrogen) atoms. The Morgan fingerprint density at radius 3 is 2.71 bits per heavy atom. The number of hydrogen-bond acceptors (Lipinski definition) is 2. The highest BCUT2D eigenvalue weighted by atomic mass is 79.9. The Kier molecular flexibility index (Phi) is 4.07. The molecular formula is C8H7BrClF2NO. The molecule has 0 atom stereocenters. The van der Waals surface area contributed by atoms with Gasteiger partial charge in [-0.3, -0.25) is 0 Å². The smallest absolute Gasteiger partial charge is 0.265 e. The average molecular weight is 287 g/mol. The molecule has 0 N–H and O–H groups in total. The third-order valence-corrected chi connectivity index (χ3v) is 2.41. The van der Waals surface area contributed by atoms with Gasteiger partial charge in [-0.25, -0.2) is 13.8 Å². The van der Waals surface area contributed by atoms with Gasteiger partial charge in [-0.2, -0.15) is 0 Å². The Morgan fingerprint density at radius 2 is 2.29 bits per heavy atom. The van der Waals surface area contributed by atoms with Gasteiger partial charge in [-0.05, 0) is 6.07 Å². The maximum atomic E-state index is 12.5. The van der Waals surface area contributed by atoms with Gasteiger partial charge in [0.05, 0.1) is 12.8 Å². The van der Waals surface area contributed by atoms with Crippen LogP contribution < -0.4 is 4.74 Å². The van der Waals surface area contributed by atoms with Crippen molar-refractivity contribution in [3.05, 3.63) is 22.3 Å². The van der Waals surface area contributed by atoms with Crippen molar-refractivity contribution < 1.29 is 13.5 Å². The molecule has 0 fully saturated rings. The molecular weight excluding hydrogens is 279 g/mol. The number of halogens is 4. The Balaban J connectivity index is 3.24. The van der Waals surface area contributed by atoms with E-state index in [9.17, 15) is 8.78 Å². The molecule has 1 rings (SSSR count). The third kappa shape index (κ3) is 2.33. The van der Waals surface area contributed by atoms with Gasteiger partial charge < -0.3 is 4.74 Å². The minimum absolute atomic E-state index is 0.0903. The number of rotatable bonds is 3. The van der Waals surface area contributed by atoms with E-state index in [4.69, 9.17) is 16.3 Å². The first-order valence-electron chi connectivity index (χ1n) is 3.67. The molecule has 1 aromatic heterocycles. The number of hydrogen-bond donors (Lipinski definition) is 0. The van der Waals surface area contributed by atoms with E-state index < -0.39 is 6.43 Å². The predicted octanol–water partition coefficient (Wildman–Crippen LogP) is 3.58. The molecule has 0 aromatic carbocycles. The van der Waals surface area contributed by atoms with Gasteiger partial charge in [-0.15, -0.1) is 0 Å². The number of nitrogens with zero attached hydrogens (tertiary/aromatic N) is 1. The van der Waals surface area contributed by atoms with Crippen LogP contribution in [0.3, 0.4) is 0 Å². The first-order valence-corrected chi connectivity index (χ1v) is 5.17. The fourth-order valence-corrected chi connectivity index (χ4v) is 1.65. The predicted molar refractivity (Wildman–Crippen MR) is 53.4 cm³/mol. The summed E-state index contributed by atoms with van der Waals surface area (Å²) in [5.41, 5.74) is 0.0638. The first-order chi connectivity index (χ1) is 6.60. The maximum absolute atomic E-state index is 12.5. The molecule has 0 radical (unpaired) electrons. The molecule has 78 valence electrons. The van der Waals surface area contributed by atoms with Crippen LogP contribution in [0.5, 0.6) is 5.88 Å². The molecule has 6 heteroatoms. The van der Waals surface area contributed by atoms with Crippen LogP contribution in [0.2, 0.25) is 5.02 Å². The highest BCUT2D eigenvalue weighted by Crippen LogP contribution is 2.31. The van der Waals surface area contributed by atoms with Gasteiger partial charge in [0.25, 0.3) is 6.43 Å². The minimum atomic E-state index is -2.58. The quantitative estimate of drug-likeness (QED) is 0.792. The van der Waals surface area contributed by atoms with E-state index in [2.05, 4.69) is 20.9 Å². The summed E-state index contributed by atoms with van der Waals surface area (Å²) in [6, 6.07) is 1.18. The monoisotopic (exact) mass is 285 g/mol. The second-order valence-corrected chi connectivity index (χ2v) is 3.42. The van der Waals surface area contributed by atoms with Crippen LogP contribution in [-0.4, -0.2) is 12.1 Å². The van der Waals surface area contributed by atoms with Crippen LogP contribution in [0.15, 0.2) is 6.07 Å². The molecule has 0 saturated carbocycles. The van der Waals surface area contributed by atoms with Crippen molar-refractivity contribution in [3.8, 4) is 5.88 Å². The van der Waals surface area contributed by atoms with E-state index >= 15 is 0 Å². The van der Waals surface area contributed by atoms with Crippen molar-refractivity contribution in [1.82, 2.24) is 4.98 Å². The van der Waals surface area contributed by atoms with Crippen LogP contribution in [0.25, 0.3) is 0 Å². The summed E-state index contributed by atoms with van der Waals surface area (Å²) in [6.45, 7) is 0. The van der Waals surface area contributed by atoms with Crippen LogP contribution >= 0.6 is 27.5 Å². The Hall–Kier alpha value is -0.420. The van der Waals surface area contributed by atoms with Crippen LogP contribution in [0, 0.1) is 0 Å².